The third-order valence-corrected chi connectivity index (χ3v) is 4.04. The van der Waals surface area contributed by atoms with Crippen LogP contribution < -0.4 is 0 Å². The maximum atomic E-state index is 10.1. The van der Waals surface area contributed by atoms with Gasteiger partial charge in [-0.05, 0) is 56.9 Å². The van der Waals surface area contributed by atoms with E-state index in [1.54, 1.807) is 0 Å². The van der Waals surface area contributed by atoms with Gasteiger partial charge in [-0.15, -0.1) is 0 Å². The third kappa shape index (κ3) is 3.46. The second kappa shape index (κ2) is 6.19. The third-order valence-electron chi connectivity index (χ3n) is 4.04. The summed E-state index contributed by atoms with van der Waals surface area (Å²) in [6.45, 7) is 4.26. The molecule has 98 valence electrons. The lowest BCUT2D eigenvalue weighted by atomic mass is 9.75. The van der Waals surface area contributed by atoms with Crippen LogP contribution in [0.2, 0.25) is 0 Å². The van der Waals surface area contributed by atoms with Gasteiger partial charge < -0.3 is 5.11 Å². The summed E-state index contributed by atoms with van der Waals surface area (Å²) in [5.74, 6) is 1.06. The summed E-state index contributed by atoms with van der Waals surface area (Å²) in [5, 5.41) is 10.1. The highest BCUT2D eigenvalue weighted by Gasteiger charge is 2.28. The van der Waals surface area contributed by atoms with E-state index in [2.05, 4.69) is 50.3 Å². The van der Waals surface area contributed by atoms with Crippen LogP contribution in [0.4, 0.5) is 0 Å². The van der Waals surface area contributed by atoms with Crippen molar-refractivity contribution in [1.29, 1.82) is 0 Å². The molecule has 0 saturated heterocycles. The fourth-order valence-electron chi connectivity index (χ4n) is 2.92. The molecule has 0 aliphatic heterocycles. The maximum Gasteiger partial charge on any atom is 0.0571 e. The van der Waals surface area contributed by atoms with E-state index in [4.69, 9.17) is 0 Å². The van der Waals surface area contributed by atoms with Crippen molar-refractivity contribution in [3.63, 3.8) is 0 Å². The van der Waals surface area contributed by atoms with Crippen LogP contribution in [0.15, 0.2) is 42.0 Å². The fraction of sp³-hybridized carbons (Fsp3) is 0.529. The molecule has 1 aliphatic carbocycles. The Labute approximate surface area is 111 Å². The van der Waals surface area contributed by atoms with Crippen LogP contribution in [0.5, 0.6) is 0 Å². The smallest absolute Gasteiger partial charge is 0.0571 e. The topological polar surface area (TPSA) is 20.2 Å². The van der Waals surface area contributed by atoms with Gasteiger partial charge >= 0.3 is 0 Å². The van der Waals surface area contributed by atoms with Gasteiger partial charge in [-0.2, -0.15) is 0 Å². The van der Waals surface area contributed by atoms with Gasteiger partial charge in [-0.3, -0.25) is 0 Å². The number of hydrogen-bond acceptors (Lipinski definition) is 1. The number of hydrogen-bond donors (Lipinski definition) is 1. The molecular weight excluding hydrogens is 220 g/mol. The first-order valence-corrected chi connectivity index (χ1v) is 7.03. The molecule has 2 rings (SSSR count). The Balaban J connectivity index is 2.02. The monoisotopic (exact) mass is 244 g/mol. The number of aliphatic hydroxyl groups excluding tert-OH is 1. The summed E-state index contributed by atoms with van der Waals surface area (Å²) < 4.78 is 0. The van der Waals surface area contributed by atoms with E-state index in [9.17, 15) is 5.11 Å². The maximum absolute atomic E-state index is 10.1. The van der Waals surface area contributed by atoms with E-state index in [1.165, 1.54) is 11.1 Å². The zero-order valence-electron chi connectivity index (χ0n) is 11.5. The standard InChI is InChI=1S/C17H24O/c1-13(2)8-9-16-12-15(10-11-17(16)18)14-6-4-3-5-7-14/h3-8,15-18H,9-12H2,1-2H3. The molecule has 0 heterocycles. The van der Waals surface area contributed by atoms with Crippen LogP contribution in [-0.4, -0.2) is 11.2 Å². The van der Waals surface area contributed by atoms with Crippen molar-refractivity contribution in [2.24, 2.45) is 5.92 Å². The van der Waals surface area contributed by atoms with Crippen LogP contribution in [0, 0.1) is 5.92 Å². The largest absolute Gasteiger partial charge is 0.393 e. The SMILES string of the molecule is CC(C)=CCC1CC(c2ccccc2)CCC1O. The summed E-state index contributed by atoms with van der Waals surface area (Å²) in [6, 6.07) is 10.7. The van der Waals surface area contributed by atoms with E-state index < -0.39 is 0 Å². The average molecular weight is 244 g/mol. The summed E-state index contributed by atoms with van der Waals surface area (Å²) in [7, 11) is 0. The van der Waals surface area contributed by atoms with E-state index in [1.807, 2.05) is 0 Å². The molecule has 1 saturated carbocycles. The number of benzene rings is 1. The Morgan fingerprint density at radius 3 is 2.61 bits per heavy atom. The Morgan fingerprint density at radius 1 is 1.22 bits per heavy atom. The van der Waals surface area contributed by atoms with E-state index >= 15 is 0 Å². The zero-order chi connectivity index (χ0) is 13.0. The molecule has 0 bridgehead atoms. The van der Waals surface area contributed by atoms with Gasteiger partial charge in [-0.25, -0.2) is 0 Å². The molecule has 1 fully saturated rings. The normalized spacial score (nSPS) is 27.8. The Bertz CT molecular complexity index is 389. The number of rotatable bonds is 3. The Morgan fingerprint density at radius 2 is 1.94 bits per heavy atom. The van der Waals surface area contributed by atoms with Gasteiger partial charge in [-0.1, -0.05) is 42.0 Å². The van der Waals surface area contributed by atoms with Gasteiger partial charge in [0.25, 0.3) is 0 Å². The molecule has 0 amide bonds. The summed E-state index contributed by atoms with van der Waals surface area (Å²) in [5.41, 5.74) is 2.79. The molecule has 0 aromatic heterocycles. The first-order chi connectivity index (χ1) is 8.66. The lowest BCUT2D eigenvalue weighted by Gasteiger charge is -2.33. The van der Waals surface area contributed by atoms with E-state index in [0.29, 0.717) is 11.8 Å². The van der Waals surface area contributed by atoms with Crippen molar-refractivity contribution < 1.29 is 5.11 Å². The van der Waals surface area contributed by atoms with Crippen LogP contribution >= 0.6 is 0 Å². The lowest BCUT2D eigenvalue weighted by molar-refractivity contribution is 0.0632. The van der Waals surface area contributed by atoms with Crippen molar-refractivity contribution in [2.75, 3.05) is 0 Å². The first kappa shape index (κ1) is 13.4. The van der Waals surface area contributed by atoms with Crippen molar-refractivity contribution in [3.8, 4) is 0 Å². The molecule has 1 N–H and O–H groups in total. The Hall–Kier alpha value is -1.08. The second-order valence-corrected chi connectivity index (χ2v) is 5.77. The van der Waals surface area contributed by atoms with Gasteiger partial charge in [0, 0.05) is 0 Å². The second-order valence-electron chi connectivity index (χ2n) is 5.77. The molecule has 0 radical (unpaired) electrons. The van der Waals surface area contributed by atoms with E-state index in [-0.39, 0.29) is 6.10 Å². The number of aliphatic hydroxyl groups is 1. The highest BCUT2D eigenvalue weighted by atomic mass is 16.3. The summed E-state index contributed by atoms with van der Waals surface area (Å²) in [4.78, 5) is 0. The number of allylic oxidation sites excluding steroid dienone is 2. The van der Waals surface area contributed by atoms with Crippen molar-refractivity contribution in [2.45, 2.75) is 51.6 Å². The molecule has 1 heteroatoms. The molecule has 3 atom stereocenters. The first-order valence-electron chi connectivity index (χ1n) is 7.03. The van der Waals surface area contributed by atoms with Crippen LogP contribution in [0.1, 0.15) is 51.0 Å². The van der Waals surface area contributed by atoms with E-state index in [0.717, 1.165) is 25.7 Å². The minimum absolute atomic E-state index is 0.111. The lowest BCUT2D eigenvalue weighted by Crippen LogP contribution is -2.28. The minimum atomic E-state index is -0.111. The van der Waals surface area contributed by atoms with Crippen LogP contribution in [-0.2, 0) is 0 Å². The predicted molar refractivity (Wildman–Crippen MR) is 76.6 cm³/mol. The van der Waals surface area contributed by atoms with Crippen LogP contribution in [0.25, 0.3) is 0 Å². The van der Waals surface area contributed by atoms with Gasteiger partial charge in [0.15, 0.2) is 0 Å². The minimum Gasteiger partial charge on any atom is -0.393 e. The fourth-order valence-corrected chi connectivity index (χ4v) is 2.92. The molecule has 1 nitrogen and oxygen atoms in total. The van der Waals surface area contributed by atoms with Gasteiger partial charge in [0.1, 0.15) is 0 Å². The van der Waals surface area contributed by atoms with Crippen molar-refractivity contribution in [1.82, 2.24) is 0 Å². The highest BCUT2D eigenvalue weighted by molar-refractivity contribution is 5.20. The molecule has 1 aliphatic rings. The molecule has 1 aromatic rings. The predicted octanol–water partition coefficient (Wildman–Crippen LogP) is 4.29. The van der Waals surface area contributed by atoms with Gasteiger partial charge in [0.05, 0.1) is 6.10 Å². The average Bonchev–Trinajstić information content (AvgIpc) is 2.38. The van der Waals surface area contributed by atoms with Crippen molar-refractivity contribution in [3.05, 3.63) is 47.5 Å². The zero-order valence-corrected chi connectivity index (χ0v) is 11.5. The molecule has 0 spiro atoms. The van der Waals surface area contributed by atoms with Gasteiger partial charge in [0.2, 0.25) is 0 Å². The highest BCUT2D eigenvalue weighted by Crippen LogP contribution is 2.38. The molecule has 3 unspecified atom stereocenters. The molecule has 18 heavy (non-hydrogen) atoms. The molecule has 1 aromatic carbocycles. The quantitative estimate of drug-likeness (QED) is 0.786. The van der Waals surface area contributed by atoms with Crippen molar-refractivity contribution >= 4 is 0 Å². The summed E-state index contributed by atoms with van der Waals surface area (Å²) >= 11 is 0. The Kier molecular flexibility index (Phi) is 4.60. The van der Waals surface area contributed by atoms with Crippen LogP contribution in [0.3, 0.4) is 0 Å². The summed E-state index contributed by atoms with van der Waals surface area (Å²) in [6.07, 6.45) is 6.36. The molecular formula is C17H24O.